The van der Waals surface area contributed by atoms with Crippen LogP contribution in [0.1, 0.15) is 149 Å². The molecule has 8 nitrogen and oxygen atoms in total. The maximum absolute atomic E-state index is 12.5. The quantitative estimate of drug-likeness (QED) is 0.0304. The first-order valence-electron chi connectivity index (χ1n) is 18.0. The topological polar surface area (TPSA) is 117 Å². The summed E-state index contributed by atoms with van der Waals surface area (Å²) in [6.07, 6.45) is 35.8. The Balaban J connectivity index is 4.15. The Labute approximate surface area is 276 Å². The number of hydrogen-bond donors (Lipinski definition) is 2. The van der Waals surface area contributed by atoms with Gasteiger partial charge in [-0.05, 0) is 44.9 Å². The van der Waals surface area contributed by atoms with Crippen molar-refractivity contribution in [3.63, 3.8) is 0 Å². The van der Waals surface area contributed by atoms with Crippen LogP contribution in [0.5, 0.6) is 0 Å². The molecule has 0 aliphatic heterocycles. The molecule has 2 atom stereocenters. The van der Waals surface area contributed by atoms with Gasteiger partial charge >= 0.3 is 13.8 Å². The van der Waals surface area contributed by atoms with Crippen molar-refractivity contribution in [2.45, 2.75) is 155 Å². The number of hydrogen-bond acceptors (Lipinski definition) is 7. The first-order valence-corrected chi connectivity index (χ1v) is 19.5. The Kier molecular flexibility index (Phi) is 33.1. The Morgan fingerprint density at radius 1 is 0.689 bits per heavy atom. The highest BCUT2D eigenvalue weighted by atomic mass is 31.2. The second kappa shape index (κ2) is 34.1. The molecular weight excluding hydrogens is 589 g/mol. The second-order valence-electron chi connectivity index (χ2n) is 11.7. The summed E-state index contributed by atoms with van der Waals surface area (Å²) in [6.45, 7) is 4.74. The number of rotatable bonds is 34. The predicted molar refractivity (Wildman–Crippen MR) is 187 cm³/mol. The van der Waals surface area contributed by atoms with Crippen molar-refractivity contribution in [2.75, 3.05) is 33.0 Å². The molecule has 3 N–H and O–H groups in total. The van der Waals surface area contributed by atoms with Crippen LogP contribution < -0.4 is 5.73 Å². The Morgan fingerprint density at radius 3 is 1.87 bits per heavy atom. The van der Waals surface area contributed by atoms with Gasteiger partial charge in [0.2, 0.25) is 0 Å². The summed E-state index contributed by atoms with van der Waals surface area (Å²) in [4.78, 5) is 22.3. The van der Waals surface area contributed by atoms with E-state index in [0.717, 1.165) is 70.6 Å². The predicted octanol–water partition coefficient (Wildman–Crippen LogP) is 9.91. The number of nitrogens with two attached hydrogens (primary N) is 1. The summed E-state index contributed by atoms with van der Waals surface area (Å²) in [7, 11) is -4.27. The fourth-order valence-corrected chi connectivity index (χ4v) is 5.48. The highest BCUT2D eigenvalue weighted by Gasteiger charge is 2.25. The maximum Gasteiger partial charge on any atom is 0.472 e. The molecule has 0 aliphatic rings. The molecule has 45 heavy (non-hydrogen) atoms. The molecule has 0 fully saturated rings. The van der Waals surface area contributed by atoms with Crippen molar-refractivity contribution in [1.29, 1.82) is 0 Å². The molecule has 2 unspecified atom stereocenters. The van der Waals surface area contributed by atoms with Crippen LogP contribution in [0.3, 0.4) is 0 Å². The lowest BCUT2D eigenvalue weighted by Crippen LogP contribution is -2.28. The van der Waals surface area contributed by atoms with Gasteiger partial charge in [-0.2, -0.15) is 0 Å². The minimum atomic E-state index is -4.27. The third-order valence-corrected chi connectivity index (χ3v) is 8.31. The average molecular weight is 658 g/mol. The van der Waals surface area contributed by atoms with Crippen molar-refractivity contribution < 1.29 is 32.8 Å². The van der Waals surface area contributed by atoms with Gasteiger partial charge in [0.15, 0.2) is 0 Å². The number of carbonyl (C=O) groups is 1. The van der Waals surface area contributed by atoms with Crippen LogP contribution in [0, 0.1) is 0 Å². The average Bonchev–Trinajstić information content (AvgIpc) is 3.02. The highest BCUT2D eigenvalue weighted by Crippen LogP contribution is 2.43. The molecular formula is C36H68NO7P. The van der Waals surface area contributed by atoms with E-state index in [-0.39, 0.29) is 32.3 Å². The first kappa shape index (κ1) is 43.7. The lowest BCUT2D eigenvalue weighted by Gasteiger charge is -2.20. The third-order valence-electron chi connectivity index (χ3n) is 7.32. The summed E-state index contributed by atoms with van der Waals surface area (Å²) >= 11 is 0. The molecule has 0 rings (SSSR count). The fraction of sp³-hybridized carbons (Fsp3) is 0.806. The molecule has 264 valence electrons. The van der Waals surface area contributed by atoms with E-state index in [1.807, 2.05) is 0 Å². The van der Waals surface area contributed by atoms with E-state index in [0.29, 0.717) is 13.0 Å². The van der Waals surface area contributed by atoms with E-state index in [4.69, 9.17) is 24.3 Å². The van der Waals surface area contributed by atoms with Gasteiger partial charge < -0.3 is 20.1 Å². The van der Waals surface area contributed by atoms with Crippen molar-refractivity contribution >= 4 is 13.8 Å². The van der Waals surface area contributed by atoms with Gasteiger partial charge in [0.25, 0.3) is 0 Å². The summed E-state index contributed by atoms with van der Waals surface area (Å²) in [5, 5.41) is 0. The molecule has 0 aromatic carbocycles. The lowest BCUT2D eigenvalue weighted by molar-refractivity contribution is -0.154. The molecule has 0 heterocycles. The maximum atomic E-state index is 12.5. The van der Waals surface area contributed by atoms with Gasteiger partial charge in [-0.3, -0.25) is 13.8 Å². The summed E-state index contributed by atoms with van der Waals surface area (Å²) in [5.74, 6) is -0.341. The molecule has 0 aromatic heterocycles. The van der Waals surface area contributed by atoms with Crippen LogP contribution in [-0.4, -0.2) is 49.9 Å². The van der Waals surface area contributed by atoms with Crippen molar-refractivity contribution in [2.24, 2.45) is 5.73 Å². The van der Waals surface area contributed by atoms with Gasteiger partial charge in [-0.1, -0.05) is 134 Å². The molecule has 0 aliphatic carbocycles. The molecule has 0 aromatic rings. The van der Waals surface area contributed by atoms with Crippen LogP contribution >= 0.6 is 7.82 Å². The van der Waals surface area contributed by atoms with E-state index < -0.39 is 13.9 Å². The van der Waals surface area contributed by atoms with Crippen LogP contribution in [-0.2, 0) is 27.9 Å². The fourth-order valence-electron chi connectivity index (χ4n) is 4.72. The standard InChI is InChI=1S/C36H68NO7P/c1-3-5-7-9-11-13-15-17-18-20-22-24-26-28-31-41-33-35(34-43-45(39,40)42-32-30-37)44-36(38)29-27-25-23-21-19-16-14-12-10-8-6-4-2/h5,7,11,13,17-18,35H,3-4,6,8-10,12,14-16,19-34,37H2,1-2H3,(H,39,40)/b7-5-,13-11-,18-17-. The number of phosphoric ester groups is 1. The van der Waals surface area contributed by atoms with Crippen LogP contribution in [0.4, 0.5) is 0 Å². The number of allylic oxidation sites excluding steroid dienone is 6. The SMILES string of the molecule is CC/C=C\C/C=C\C/C=C\CCCCCCOCC(COP(=O)(O)OCCN)OC(=O)CCCCCCCCCCCCCC. The van der Waals surface area contributed by atoms with Crippen molar-refractivity contribution in [1.82, 2.24) is 0 Å². The van der Waals surface area contributed by atoms with E-state index in [9.17, 15) is 14.3 Å². The van der Waals surface area contributed by atoms with Gasteiger partial charge in [0.1, 0.15) is 6.10 Å². The van der Waals surface area contributed by atoms with Gasteiger partial charge in [0, 0.05) is 19.6 Å². The second-order valence-corrected chi connectivity index (χ2v) is 13.2. The first-order chi connectivity index (χ1) is 21.9. The minimum absolute atomic E-state index is 0.0965. The monoisotopic (exact) mass is 657 g/mol. The van der Waals surface area contributed by atoms with E-state index >= 15 is 0 Å². The van der Waals surface area contributed by atoms with Gasteiger partial charge in [0.05, 0.1) is 19.8 Å². The summed E-state index contributed by atoms with van der Waals surface area (Å²) in [6, 6.07) is 0. The molecule has 0 amide bonds. The third kappa shape index (κ3) is 33.9. The molecule has 9 heteroatoms. The smallest absolute Gasteiger partial charge is 0.457 e. The zero-order valence-electron chi connectivity index (χ0n) is 28.8. The van der Waals surface area contributed by atoms with Gasteiger partial charge in [-0.15, -0.1) is 0 Å². The number of carbonyl (C=O) groups excluding carboxylic acids is 1. The molecule has 0 bridgehead atoms. The zero-order chi connectivity index (χ0) is 33.1. The van der Waals surface area contributed by atoms with Crippen molar-refractivity contribution in [3.8, 4) is 0 Å². The Morgan fingerprint density at radius 2 is 1.24 bits per heavy atom. The normalized spacial score (nSPS) is 14.1. The number of esters is 1. The Hall–Kier alpha value is -1.28. The van der Waals surface area contributed by atoms with Crippen LogP contribution in [0.15, 0.2) is 36.5 Å². The van der Waals surface area contributed by atoms with Crippen molar-refractivity contribution in [3.05, 3.63) is 36.5 Å². The zero-order valence-corrected chi connectivity index (χ0v) is 29.7. The number of unbranched alkanes of at least 4 members (excludes halogenated alkanes) is 15. The molecule has 0 radical (unpaired) electrons. The lowest BCUT2D eigenvalue weighted by atomic mass is 10.0. The van der Waals surface area contributed by atoms with E-state index in [1.165, 1.54) is 57.8 Å². The number of phosphoric acid groups is 1. The van der Waals surface area contributed by atoms with E-state index in [1.54, 1.807) is 0 Å². The van der Waals surface area contributed by atoms with E-state index in [2.05, 4.69) is 50.3 Å². The summed E-state index contributed by atoms with van der Waals surface area (Å²) < 4.78 is 33.2. The summed E-state index contributed by atoms with van der Waals surface area (Å²) in [5.41, 5.74) is 5.34. The highest BCUT2D eigenvalue weighted by molar-refractivity contribution is 7.47. The molecule has 0 spiro atoms. The molecule has 0 saturated heterocycles. The molecule has 0 saturated carbocycles. The number of ether oxygens (including phenoxy) is 2. The van der Waals surface area contributed by atoms with Crippen LogP contribution in [0.2, 0.25) is 0 Å². The van der Waals surface area contributed by atoms with Gasteiger partial charge in [-0.25, -0.2) is 4.57 Å². The van der Waals surface area contributed by atoms with Crippen LogP contribution in [0.25, 0.3) is 0 Å². The minimum Gasteiger partial charge on any atom is -0.457 e. The Bertz CT molecular complexity index is 787. The largest absolute Gasteiger partial charge is 0.472 e.